The van der Waals surface area contributed by atoms with Crippen molar-refractivity contribution in [2.45, 2.75) is 94.7 Å². The van der Waals surface area contributed by atoms with Crippen LogP contribution in [0, 0.1) is 0 Å². The molecule has 4 aromatic rings. The van der Waals surface area contributed by atoms with Gasteiger partial charge in [-0.1, -0.05) is 49.6 Å². The van der Waals surface area contributed by atoms with Gasteiger partial charge >= 0.3 is 5.97 Å². The Bertz CT molecular complexity index is 2030. The van der Waals surface area contributed by atoms with Crippen LogP contribution in [-0.2, 0) is 35.2 Å². The van der Waals surface area contributed by atoms with Crippen LogP contribution in [0.4, 0.5) is 11.6 Å². The summed E-state index contributed by atoms with van der Waals surface area (Å²) in [6.45, 7) is 0.302. The number of H-pyrrole nitrogens is 1. The standard InChI is InChI=1S/C42H51N9O7/c43-42(22-5-1-6-23-42)40(58)51-39(57)34(14-8-15-37(54)55)48-38(56)33(13-4-7-25-45-35(52)21-18-29-10-9-24-44-27-29)47-36(53)26-28-16-19-30(20-17-28)46-41-49-31-11-2-3-12-32(31)50-41/h2-3,9-12,16-21,24,27,33-34H,1,4-8,13-15,22-23,25-26,43H2,(H,45,52)(H,47,53)(H,48,56)(H,54,55)(H2,46,49,50)(H,51,57,58)/b21-18+/t33-,34-/m0/s1. The number of carbonyl (C=O) groups is 6. The fraction of sp³-hybridized carbons (Fsp3) is 0.381. The van der Waals surface area contributed by atoms with Gasteiger partial charge in [0, 0.05) is 37.1 Å². The molecule has 1 saturated carbocycles. The number of amides is 5. The number of nitrogens with zero attached hydrogens (tertiary/aromatic N) is 2. The van der Waals surface area contributed by atoms with Crippen molar-refractivity contribution < 1.29 is 33.9 Å². The summed E-state index contributed by atoms with van der Waals surface area (Å²) < 4.78 is 0. The Balaban J connectivity index is 1.21. The number of hydrogen-bond acceptors (Lipinski definition) is 10. The first-order valence-electron chi connectivity index (χ1n) is 19.6. The number of para-hydroxylation sites is 2. The van der Waals surface area contributed by atoms with Gasteiger partial charge in [0.1, 0.15) is 12.1 Å². The number of carboxylic acid groups (broad SMARTS) is 1. The molecule has 9 N–H and O–H groups in total. The predicted octanol–water partition coefficient (Wildman–Crippen LogP) is 3.77. The van der Waals surface area contributed by atoms with Gasteiger partial charge in [0.05, 0.1) is 23.0 Å². The molecular weight excluding hydrogens is 743 g/mol. The van der Waals surface area contributed by atoms with E-state index in [-0.39, 0.29) is 38.0 Å². The number of imide groups is 1. The third-order valence-corrected chi connectivity index (χ3v) is 9.90. The highest BCUT2D eigenvalue weighted by Crippen LogP contribution is 2.26. The smallest absolute Gasteiger partial charge is 0.303 e. The molecule has 306 valence electrons. The van der Waals surface area contributed by atoms with Gasteiger partial charge in [0.2, 0.25) is 35.5 Å². The average Bonchev–Trinajstić information content (AvgIpc) is 3.62. The monoisotopic (exact) mass is 793 g/mol. The maximum atomic E-state index is 13.8. The lowest BCUT2D eigenvalue weighted by Gasteiger charge is -2.32. The Kier molecular flexibility index (Phi) is 15.6. The summed E-state index contributed by atoms with van der Waals surface area (Å²) in [5.74, 6) is -3.38. The van der Waals surface area contributed by atoms with Crippen molar-refractivity contribution in [3.05, 3.63) is 90.3 Å². The molecule has 0 bridgehead atoms. The topological polar surface area (TPSA) is 250 Å². The van der Waals surface area contributed by atoms with Crippen molar-refractivity contribution in [1.82, 2.24) is 36.2 Å². The quantitative estimate of drug-likeness (QED) is 0.0472. The summed E-state index contributed by atoms with van der Waals surface area (Å²) in [7, 11) is 0. The van der Waals surface area contributed by atoms with Crippen LogP contribution < -0.4 is 32.3 Å². The highest BCUT2D eigenvalue weighted by atomic mass is 16.4. The van der Waals surface area contributed by atoms with E-state index >= 15 is 0 Å². The number of carboxylic acids is 1. The molecular formula is C42H51N9O7. The molecule has 1 aliphatic rings. The highest BCUT2D eigenvalue weighted by molar-refractivity contribution is 6.03. The molecule has 0 aliphatic heterocycles. The molecule has 5 rings (SSSR count). The fourth-order valence-corrected chi connectivity index (χ4v) is 6.68. The number of fused-ring (bicyclic) bond motifs is 1. The number of aliphatic carboxylic acids is 1. The summed E-state index contributed by atoms with van der Waals surface area (Å²) >= 11 is 0. The van der Waals surface area contributed by atoms with Crippen LogP contribution in [-0.4, -0.2) is 79.7 Å². The van der Waals surface area contributed by atoms with E-state index in [2.05, 4.69) is 41.5 Å². The molecule has 0 spiro atoms. The predicted molar refractivity (Wildman–Crippen MR) is 218 cm³/mol. The molecule has 1 aliphatic carbocycles. The summed E-state index contributed by atoms with van der Waals surface area (Å²) in [5, 5.41) is 23.0. The van der Waals surface area contributed by atoms with Crippen molar-refractivity contribution in [3.8, 4) is 0 Å². The second-order valence-electron chi connectivity index (χ2n) is 14.5. The third kappa shape index (κ3) is 13.4. The number of nitrogens with one attached hydrogen (secondary N) is 6. The number of nitrogens with two attached hydrogens (primary N) is 1. The number of anilines is 2. The van der Waals surface area contributed by atoms with Gasteiger partial charge in [-0.2, -0.15) is 0 Å². The largest absolute Gasteiger partial charge is 0.481 e. The minimum atomic E-state index is -1.26. The molecule has 0 unspecified atom stereocenters. The van der Waals surface area contributed by atoms with Gasteiger partial charge in [-0.15, -0.1) is 0 Å². The Hall–Kier alpha value is -6.42. The lowest BCUT2D eigenvalue weighted by molar-refractivity contribution is -0.139. The molecule has 16 nitrogen and oxygen atoms in total. The fourth-order valence-electron chi connectivity index (χ4n) is 6.68. The van der Waals surface area contributed by atoms with Crippen molar-refractivity contribution in [1.29, 1.82) is 0 Å². The van der Waals surface area contributed by atoms with Gasteiger partial charge in [-0.05, 0) is 92.5 Å². The van der Waals surface area contributed by atoms with Gasteiger partial charge in [-0.3, -0.25) is 39.1 Å². The van der Waals surface area contributed by atoms with Gasteiger partial charge in [-0.25, -0.2) is 4.98 Å². The first-order valence-corrected chi connectivity index (χ1v) is 19.6. The number of aromatic nitrogens is 3. The summed E-state index contributed by atoms with van der Waals surface area (Å²) in [5.41, 5.74) is 9.03. The van der Waals surface area contributed by atoms with Crippen LogP contribution >= 0.6 is 0 Å². The van der Waals surface area contributed by atoms with E-state index in [1.165, 1.54) is 6.08 Å². The molecule has 0 radical (unpaired) electrons. The zero-order valence-electron chi connectivity index (χ0n) is 32.3. The average molecular weight is 794 g/mol. The van der Waals surface area contributed by atoms with E-state index in [0.29, 0.717) is 43.7 Å². The minimum Gasteiger partial charge on any atom is -0.481 e. The summed E-state index contributed by atoms with van der Waals surface area (Å²) in [6.07, 6.45) is 10.3. The van der Waals surface area contributed by atoms with E-state index in [4.69, 9.17) is 5.73 Å². The third-order valence-electron chi connectivity index (χ3n) is 9.90. The molecule has 2 aromatic heterocycles. The maximum Gasteiger partial charge on any atom is 0.303 e. The van der Waals surface area contributed by atoms with E-state index in [0.717, 1.165) is 41.5 Å². The molecule has 58 heavy (non-hydrogen) atoms. The second-order valence-corrected chi connectivity index (χ2v) is 14.5. The van der Waals surface area contributed by atoms with Crippen LogP contribution in [0.2, 0.25) is 0 Å². The number of pyridine rings is 1. The summed E-state index contributed by atoms with van der Waals surface area (Å²) in [4.78, 5) is 89.1. The highest BCUT2D eigenvalue weighted by Gasteiger charge is 2.37. The summed E-state index contributed by atoms with van der Waals surface area (Å²) in [6, 6.07) is 16.0. The van der Waals surface area contributed by atoms with Crippen molar-refractivity contribution in [3.63, 3.8) is 0 Å². The number of carbonyl (C=O) groups excluding carboxylic acids is 5. The van der Waals surface area contributed by atoms with E-state index < -0.39 is 47.2 Å². The normalized spacial score (nSPS) is 14.6. The Morgan fingerprint density at radius 3 is 2.33 bits per heavy atom. The lowest BCUT2D eigenvalue weighted by Crippen LogP contribution is -2.60. The van der Waals surface area contributed by atoms with Crippen LogP contribution in [0.25, 0.3) is 17.1 Å². The molecule has 1 fully saturated rings. The van der Waals surface area contributed by atoms with E-state index in [1.807, 2.05) is 30.3 Å². The van der Waals surface area contributed by atoms with Crippen LogP contribution in [0.1, 0.15) is 81.8 Å². The number of rotatable bonds is 20. The number of unbranched alkanes of at least 4 members (excludes halogenated alkanes) is 1. The molecule has 2 atom stereocenters. The van der Waals surface area contributed by atoms with Gasteiger partial charge < -0.3 is 37.1 Å². The van der Waals surface area contributed by atoms with E-state index in [1.54, 1.807) is 48.8 Å². The molecule has 16 heteroatoms. The second kappa shape index (κ2) is 21.2. The van der Waals surface area contributed by atoms with Crippen LogP contribution in [0.3, 0.4) is 0 Å². The Morgan fingerprint density at radius 1 is 0.862 bits per heavy atom. The van der Waals surface area contributed by atoms with Crippen molar-refractivity contribution >= 4 is 64.3 Å². The first-order chi connectivity index (χ1) is 28.0. The molecule has 2 aromatic carbocycles. The zero-order valence-corrected chi connectivity index (χ0v) is 32.3. The van der Waals surface area contributed by atoms with Crippen LogP contribution in [0.5, 0.6) is 0 Å². The van der Waals surface area contributed by atoms with Gasteiger partial charge in [0.15, 0.2) is 0 Å². The SMILES string of the molecule is NC1(C(=O)NC(=O)[C@H](CCCC(=O)O)NC(=O)[C@H](CCCCNC(=O)/C=C/c2cccnc2)NC(=O)Cc2ccc(Nc3nc4ccccc4[nH]3)cc2)CCCCC1. The number of hydrogen-bond donors (Lipinski definition) is 8. The molecule has 2 heterocycles. The molecule has 5 amide bonds. The minimum absolute atomic E-state index is 0.0445. The Morgan fingerprint density at radius 2 is 1.60 bits per heavy atom. The van der Waals surface area contributed by atoms with Crippen LogP contribution in [0.15, 0.2) is 79.1 Å². The van der Waals surface area contributed by atoms with Crippen molar-refractivity contribution in [2.75, 3.05) is 11.9 Å². The zero-order chi connectivity index (χ0) is 41.3. The van der Waals surface area contributed by atoms with Gasteiger partial charge in [0.25, 0.3) is 0 Å². The first kappa shape index (κ1) is 42.7. The maximum absolute atomic E-state index is 13.8. The molecule has 0 saturated heterocycles. The van der Waals surface area contributed by atoms with E-state index in [9.17, 15) is 33.9 Å². The van der Waals surface area contributed by atoms with Crippen molar-refractivity contribution in [2.24, 2.45) is 5.73 Å². The Labute approximate surface area is 336 Å². The lowest BCUT2D eigenvalue weighted by atomic mass is 9.82. The number of benzene rings is 2. The number of imidazole rings is 1. The number of aromatic amines is 1.